The average molecular weight is 267 g/mol. The lowest BCUT2D eigenvalue weighted by Crippen LogP contribution is -2.29. The number of nitrogens with one attached hydrogen (secondary N) is 2. The molecule has 1 aromatic rings. The first-order valence-electron chi connectivity index (χ1n) is 5.11. The van der Waals surface area contributed by atoms with Crippen molar-refractivity contribution in [1.29, 1.82) is 5.26 Å². The van der Waals surface area contributed by atoms with Crippen molar-refractivity contribution in [3.05, 3.63) is 24.3 Å². The Morgan fingerprint density at radius 3 is 2.44 bits per heavy atom. The second kappa shape index (κ2) is 6.02. The van der Waals surface area contributed by atoms with Crippen LogP contribution in [0.15, 0.2) is 29.2 Å². The summed E-state index contributed by atoms with van der Waals surface area (Å²) >= 11 is 0. The van der Waals surface area contributed by atoms with E-state index in [9.17, 15) is 13.2 Å². The van der Waals surface area contributed by atoms with E-state index in [1.165, 1.54) is 12.1 Å². The molecule has 0 aromatic heterocycles. The maximum absolute atomic E-state index is 11.2. The minimum Gasteiger partial charge on any atom is -0.376 e. The van der Waals surface area contributed by atoms with Crippen LogP contribution < -0.4 is 10.6 Å². The molecule has 0 aliphatic heterocycles. The standard InChI is InChI=1S/C11H13N3O3S/c1-18(16,17)10-4-2-9(3-5-10)14-8-11(15)13-7-6-12/h2-5,14H,7-8H2,1H3,(H,13,15). The third-order valence-corrected chi connectivity index (χ3v) is 3.23. The molecule has 1 aromatic carbocycles. The molecule has 0 aliphatic rings. The van der Waals surface area contributed by atoms with Crippen molar-refractivity contribution in [2.75, 3.05) is 24.7 Å². The van der Waals surface area contributed by atoms with Crippen LogP contribution in [0, 0.1) is 11.3 Å². The highest BCUT2D eigenvalue weighted by Crippen LogP contribution is 2.13. The smallest absolute Gasteiger partial charge is 0.240 e. The van der Waals surface area contributed by atoms with Gasteiger partial charge >= 0.3 is 0 Å². The number of anilines is 1. The van der Waals surface area contributed by atoms with Gasteiger partial charge in [0, 0.05) is 11.9 Å². The summed E-state index contributed by atoms with van der Waals surface area (Å²) in [5.41, 5.74) is 0.634. The molecule has 0 fully saturated rings. The van der Waals surface area contributed by atoms with Crippen LogP contribution in [0.5, 0.6) is 0 Å². The number of hydrogen-bond donors (Lipinski definition) is 2. The Bertz CT molecular complexity index is 558. The topological polar surface area (TPSA) is 99.1 Å². The molecule has 0 saturated heterocycles. The second-order valence-electron chi connectivity index (χ2n) is 3.58. The van der Waals surface area contributed by atoms with Crippen LogP contribution in [-0.4, -0.2) is 33.7 Å². The average Bonchev–Trinajstić information content (AvgIpc) is 2.33. The number of nitriles is 1. The number of amides is 1. The minimum atomic E-state index is -3.21. The first kappa shape index (κ1) is 14.0. The Kier molecular flexibility index (Phi) is 4.68. The molecular formula is C11H13N3O3S. The van der Waals surface area contributed by atoms with E-state index in [0.29, 0.717) is 5.69 Å². The van der Waals surface area contributed by atoms with Crippen molar-refractivity contribution in [2.24, 2.45) is 0 Å². The molecule has 2 N–H and O–H groups in total. The van der Waals surface area contributed by atoms with Gasteiger partial charge in [-0.1, -0.05) is 0 Å². The van der Waals surface area contributed by atoms with Gasteiger partial charge in [-0.25, -0.2) is 8.42 Å². The normalized spacial score (nSPS) is 10.4. The van der Waals surface area contributed by atoms with E-state index in [1.807, 2.05) is 0 Å². The number of rotatable bonds is 5. The zero-order chi connectivity index (χ0) is 13.6. The number of nitrogens with zero attached hydrogens (tertiary/aromatic N) is 1. The fourth-order valence-corrected chi connectivity index (χ4v) is 1.83. The molecule has 18 heavy (non-hydrogen) atoms. The van der Waals surface area contributed by atoms with Gasteiger partial charge in [0.2, 0.25) is 5.91 Å². The van der Waals surface area contributed by atoms with Gasteiger partial charge in [-0.2, -0.15) is 5.26 Å². The largest absolute Gasteiger partial charge is 0.376 e. The Balaban J connectivity index is 2.55. The van der Waals surface area contributed by atoms with Crippen LogP contribution in [0.4, 0.5) is 5.69 Å². The van der Waals surface area contributed by atoms with Crippen LogP contribution in [0.1, 0.15) is 0 Å². The lowest BCUT2D eigenvalue weighted by atomic mass is 10.3. The van der Waals surface area contributed by atoms with E-state index in [4.69, 9.17) is 5.26 Å². The van der Waals surface area contributed by atoms with Gasteiger partial charge in [0.25, 0.3) is 0 Å². The minimum absolute atomic E-state index is 0.0277. The van der Waals surface area contributed by atoms with E-state index in [2.05, 4.69) is 10.6 Å². The van der Waals surface area contributed by atoms with Gasteiger partial charge in [0.15, 0.2) is 9.84 Å². The molecule has 0 spiro atoms. The molecule has 0 bridgehead atoms. The quantitative estimate of drug-likeness (QED) is 0.739. The van der Waals surface area contributed by atoms with E-state index in [-0.39, 0.29) is 23.9 Å². The Morgan fingerprint density at radius 1 is 1.33 bits per heavy atom. The third-order valence-electron chi connectivity index (χ3n) is 2.10. The molecule has 0 aliphatic carbocycles. The van der Waals surface area contributed by atoms with E-state index >= 15 is 0 Å². The van der Waals surface area contributed by atoms with Crippen LogP contribution in [0.25, 0.3) is 0 Å². The molecule has 96 valence electrons. The van der Waals surface area contributed by atoms with E-state index in [0.717, 1.165) is 6.26 Å². The molecule has 1 amide bonds. The monoisotopic (exact) mass is 267 g/mol. The van der Waals surface area contributed by atoms with Gasteiger partial charge in [-0.15, -0.1) is 0 Å². The SMILES string of the molecule is CS(=O)(=O)c1ccc(NCC(=O)NCC#N)cc1. The highest BCUT2D eigenvalue weighted by molar-refractivity contribution is 7.90. The molecule has 0 saturated carbocycles. The highest BCUT2D eigenvalue weighted by atomic mass is 32.2. The van der Waals surface area contributed by atoms with E-state index < -0.39 is 9.84 Å². The number of carbonyl (C=O) groups is 1. The van der Waals surface area contributed by atoms with Crippen LogP contribution in [0.3, 0.4) is 0 Å². The predicted molar refractivity (Wildman–Crippen MR) is 66.7 cm³/mol. The lowest BCUT2D eigenvalue weighted by molar-refractivity contribution is -0.119. The maximum atomic E-state index is 11.2. The van der Waals surface area contributed by atoms with Crippen LogP contribution in [-0.2, 0) is 14.6 Å². The number of benzene rings is 1. The van der Waals surface area contributed by atoms with Crippen molar-refractivity contribution in [1.82, 2.24) is 5.32 Å². The van der Waals surface area contributed by atoms with Gasteiger partial charge in [0.05, 0.1) is 17.5 Å². The molecule has 0 unspecified atom stereocenters. The summed E-state index contributed by atoms with van der Waals surface area (Å²) in [7, 11) is -3.21. The van der Waals surface area contributed by atoms with Crippen LogP contribution in [0.2, 0.25) is 0 Å². The summed E-state index contributed by atoms with van der Waals surface area (Å²) in [6, 6.07) is 7.88. The molecule has 7 heteroatoms. The molecule has 6 nitrogen and oxygen atoms in total. The molecule has 0 heterocycles. The fourth-order valence-electron chi connectivity index (χ4n) is 1.20. The van der Waals surface area contributed by atoms with Crippen molar-refractivity contribution in [3.8, 4) is 6.07 Å². The van der Waals surface area contributed by atoms with Crippen molar-refractivity contribution >= 4 is 21.4 Å². The van der Waals surface area contributed by atoms with Gasteiger partial charge in [-0.05, 0) is 24.3 Å². The van der Waals surface area contributed by atoms with E-state index in [1.54, 1.807) is 18.2 Å². The molecular weight excluding hydrogens is 254 g/mol. The van der Waals surface area contributed by atoms with Crippen molar-refractivity contribution in [2.45, 2.75) is 4.90 Å². The molecule has 0 radical (unpaired) electrons. The highest BCUT2D eigenvalue weighted by Gasteiger charge is 2.06. The second-order valence-corrected chi connectivity index (χ2v) is 5.60. The van der Waals surface area contributed by atoms with Crippen LogP contribution >= 0.6 is 0 Å². The zero-order valence-electron chi connectivity index (χ0n) is 9.80. The van der Waals surface area contributed by atoms with Gasteiger partial charge in [0.1, 0.15) is 6.54 Å². The summed E-state index contributed by atoms with van der Waals surface area (Å²) in [5, 5.41) is 13.5. The van der Waals surface area contributed by atoms with Crippen molar-refractivity contribution < 1.29 is 13.2 Å². The third kappa shape index (κ3) is 4.43. The summed E-state index contributed by atoms with van der Waals surface area (Å²) in [6.45, 7) is -0.00652. The summed E-state index contributed by atoms with van der Waals surface area (Å²) < 4.78 is 22.4. The maximum Gasteiger partial charge on any atom is 0.240 e. The van der Waals surface area contributed by atoms with Gasteiger partial charge < -0.3 is 10.6 Å². The summed E-state index contributed by atoms with van der Waals surface area (Å²) in [5.74, 6) is -0.302. The summed E-state index contributed by atoms with van der Waals surface area (Å²) in [6.07, 6.45) is 1.13. The summed E-state index contributed by atoms with van der Waals surface area (Å²) in [4.78, 5) is 11.4. The zero-order valence-corrected chi connectivity index (χ0v) is 10.6. The van der Waals surface area contributed by atoms with Gasteiger partial charge in [-0.3, -0.25) is 4.79 Å². The lowest BCUT2D eigenvalue weighted by Gasteiger charge is -2.06. The number of hydrogen-bond acceptors (Lipinski definition) is 5. The fraction of sp³-hybridized carbons (Fsp3) is 0.273. The Hall–Kier alpha value is -2.07. The Morgan fingerprint density at radius 2 is 1.94 bits per heavy atom. The molecule has 1 rings (SSSR count). The Labute approximate surface area is 106 Å². The first-order valence-corrected chi connectivity index (χ1v) is 7.00. The first-order chi connectivity index (χ1) is 8.43. The molecule has 0 atom stereocenters. The van der Waals surface area contributed by atoms with Crippen molar-refractivity contribution in [3.63, 3.8) is 0 Å². The number of sulfone groups is 1. The predicted octanol–water partition coefficient (Wildman–Crippen LogP) is 0.142. The number of carbonyl (C=O) groups excluding carboxylic acids is 1.